The Morgan fingerprint density at radius 2 is 1.88 bits per heavy atom. The minimum Gasteiger partial charge on any atom is -0.348 e. The lowest BCUT2D eigenvalue weighted by molar-refractivity contribution is 0.617. The maximum absolute atomic E-state index is 13.9. The van der Waals surface area contributed by atoms with Gasteiger partial charge < -0.3 is 9.88 Å². The van der Waals surface area contributed by atoms with E-state index in [0.29, 0.717) is 0 Å². The number of pyridine rings is 1. The summed E-state index contributed by atoms with van der Waals surface area (Å²) in [6.45, 7) is 2.83. The van der Waals surface area contributed by atoms with Crippen LogP contribution in [0, 0.1) is 12.7 Å². The summed E-state index contributed by atoms with van der Waals surface area (Å²) in [6, 6.07) is 16.7. The van der Waals surface area contributed by atoms with E-state index in [-0.39, 0.29) is 11.9 Å². The molecule has 7 nitrogen and oxygen atoms in total. The topological polar surface area (TPSA) is 75.0 Å². The number of fused-ring (bicyclic) bond motifs is 1. The van der Waals surface area contributed by atoms with Crippen molar-refractivity contribution in [3.63, 3.8) is 0 Å². The van der Waals surface area contributed by atoms with E-state index in [1.807, 2.05) is 47.8 Å². The fourth-order valence-corrected chi connectivity index (χ4v) is 4.54. The lowest BCUT2D eigenvalue weighted by atomic mass is 10.0. The highest BCUT2D eigenvalue weighted by molar-refractivity contribution is 5.63. The quantitative estimate of drug-likeness (QED) is 0.428. The number of imidazole rings is 2. The van der Waals surface area contributed by atoms with E-state index in [1.165, 1.54) is 6.07 Å². The lowest BCUT2D eigenvalue weighted by Gasteiger charge is -2.26. The minimum atomic E-state index is -0.211. The first-order valence-corrected chi connectivity index (χ1v) is 11.0. The zero-order valence-electron chi connectivity index (χ0n) is 18.1. The number of nitrogens with one attached hydrogen (secondary N) is 1. The van der Waals surface area contributed by atoms with E-state index in [2.05, 4.69) is 19.9 Å². The third-order valence-corrected chi connectivity index (χ3v) is 6.09. The van der Waals surface area contributed by atoms with E-state index >= 15 is 0 Å². The fraction of sp³-hybridized carbons (Fsp3) is 0.200. The standard InChI is InChI=1S/C25H22FN7/c1-16-14-28-25(29-16)20-8-3-7-19(30-20)22-15-27-23-10-11-24(31-33(22)23)32-12-4-9-21(32)17-5-2-6-18(26)13-17/h2-3,5-8,10-11,13-15,21H,4,9,12H2,1H3,(H,28,29). The number of aromatic nitrogens is 6. The van der Waals surface area contributed by atoms with E-state index in [0.717, 1.165) is 65.0 Å². The number of anilines is 1. The molecule has 1 saturated heterocycles. The van der Waals surface area contributed by atoms with Crippen LogP contribution in [0.15, 0.2) is 67.0 Å². The van der Waals surface area contributed by atoms with Crippen molar-refractivity contribution >= 4 is 11.5 Å². The van der Waals surface area contributed by atoms with Crippen LogP contribution in [0.3, 0.4) is 0 Å². The Labute approximate surface area is 190 Å². The van der Waals surface area contributed by atoms with Gasteiger partial charge in [0.2, 0.25) is 0 Å². The number of hydrogen-bond acceptors (Lipinski definition) is 5. The zero-order chi connectivity index (χ0) is 22.4. The van der Waals surface area contributed by atoms with Gasteiger partial charge in [-0.3, -0.25) is 0 Å². The van der Waals surface area contributed by atoms with Crippen LogP contribution in [0.5, 0.6) is 0 Å². The Balaban J connectivity index is 1.39. The molecule has 1 atom stereocenters. The highest BCUT2D eigenvalue weighted by Gasteiger charge is 2.28. The van der Waals surface area contributed by atoms with Crippen LogP contribution in [0.1, 0.15) is 30.1 Å². The number of hydrogen-bond donors (Lipinski definition) is 1. The highest BCUT2D eigenvalue weighted by atomic mass is 19.1. The summed E-state index contributed by atoms with van der Waals surface area (Å²) >= 11 is 0. The van der Waals surface area contributed by atoms with Crippen molar-refractivity contribution < 1.29 is 4.39 Å². The molecule has 1 N–H and O–H groups in total. The first-order chi connectivity index (χ1) is 16.2. The molecule has 8 heteroatoms. The summed E-state index contributed by atoms with van der Waals surface area (Å²) < 4.78 is 15.7. The molecule has 0 spiro atoms. The lowest BCUT2D eigenvalue weighted by Crippen LogP contribution is -2.24. The Kier molecular flexibility index (Phi) is 4.64. The van der Waals surface area contributed by atoms with Gasteiger partial charge in [0, 0.05) is 18.4 Å². The molecule has 1 unspecified atom stereocenters. The minimum absolute atomic E-state index is 0.0984. The number of rotatable bonds is 4. The number of H-pyrrole nitrogens is 1. The largest absolute Gasteiger partial charge is 0.348 e. The Bertz CT molecular complexity index is 1450. The van der Waals surface area contributed by atoms with Gasteiger partial charge in [-0.15, -0.1) is 5.10 Å². The second-order valence-corrected chi connectivity index (χ2v) is 8.33. The molecule has 1 aromatic carbocycles. The molecule has 4 aromatic heterocycles. The first kappa shape index (κ1) is 19.6. The summed E-state index contributed by atoms with van der Waals surface area (Å²) in [5.74, 6) is 1.36. The summed E-state index contributed by atoms with van der Waals surface area (Å²) in [4.78, 5) is 19.2. The predicted octanol–water partition coefficient (Wildman–Crippen LogP) is 4.97. The molecule has 5 aromatic rings. The van der Waals surface area contributed by atoms with Crippen LogP contribution in [0.2, 0.25) is 0 Å². The number of aromatic amines is 1. The normalized spacial score (nSPS) is 16.1. The molecule has 6 rings (SSSR count). The predicted molar refractivity (Wildman–Crippen MR) is 124 cm³/mol. The van der Waals surface area contributed by atoms with Crippen molar-refractivity contribution in [2.24, 2.45) is 0 Å². The molecule has 0 aliphatic carbocycles. The molecule has 1 aliphatic rings. The first-order valence-electron chi connectivity index (χ1n) is 11.0. The van der Waals surface area contributed by atoms with Gasteiger partial charge in [-0.2, -0.15) is 0 Å². The molecule has 0 amide bonds. The van der Waals surface area contributed by atoms with Crippen molar-refractivity contribution in [1.82, 2.24) is 29.5 Å². The molecule has 33 heavy (non-hydrogen) atoms. The van der Waals surface area contributed by atoms with Crippen molar-refractivity contribution in [2.45, 2.75) is 25.8 Å². The molecular weight excluding hydrogens is 417 g/mol. The SMILES string of the molecule is Cc1cnc(-c2cccc(-c3cnc4ccc(N5CCCC5c5cccc(F)c5)nn34)n2)[nH]1. The van der Waals surface area contributed by atoms with Crippen molar-refractivity contribution in [1.29, 1.82) is 0 Å². The van der Waals surface area contributed by atoms with Gasteiger partial charge in [-0.1, -0.05) is 18.2 Å². The van der Waals surface area contributed by atoms with Crippen LogP contribution in [-0.4, -0.2) is 36.1 Å². The summed E-state index contributed by atoms with van der Waals surface area (Å²) in [5, 5.41) is 4.92. The highest BCUT2D eigenvalue weighted by Crippen LogP contribution is 2.35. The monoisotopic (exact) mass is 439 g/mol. The van der Waals surface area contributed by atoms with Crippen molar-refractivity contribution in [2.75, 3.05) is 11.4 Å². The van der Waals surface area contributed by atoms with Gasteiger partial charge in [0.25, 0.3) is 0 Å². The Hall–Kier alpha value is -4.07. The molecular formula is C25H22FN7. The summed E-state index contributed by atoms with van der Waals surface area (Å²) in [5.41, 5.74) is 5.04. The number of nitrogens with zero attached hydrogens (tertiary/aromatic N) is 6. The van der Waals surface area contributed by atoms with E-state index in [1.54, 1.807) is 24.5 Å². The van der Waals surface area contributed by atoms with Crippen LogP contribution < -0.4 is 4.90 Å². The molecule has 5 heterocycles. The molecule has 1 aliphatic heterocycles. The van der Waals surface area contributed by atoms with E-state index in [9.17, 15) is 4.39 Å². The van der Waals surface area contributed by atoms with Crippen LogP contribution in [-0.2, 0) is 0 Å². The smallest absolute Gasteiger partial charge is 0.156 e. The summed E-state index contributed by atoms with van der Waals surface area (Å²) in [6.07, 6.45) is 5.58. The maximum Gasteiger partial charge on any atom is 0.156 e. The molecule has 0 radical (unpaired) electrons. The second-order valence-electron chi connectivity index (χ2n) is 8.33. The molecule has 0 bridgehead atoms. The van der Waals surface area contributed by atoms with Crippen molar-refractivity contribution in [3.05, 3.63) is 84.1 Å². The Morgan fingerprint density at radius 3 is 2.73 bits per heavy atom. The van der Waals surface area contributed by atoms with Crippen molar-refractivity contribution in [3.8, 4) is 22.9 Å². The fourth-order valence-electron chi connectivity index (χ4n) is 4.54. The van der Waals surface area contributed by atoms with Crippen LogP contribution in [0.25, 0.3) is 28.6 Å². The van der Waals surface area contributed by atoms with Gasteiger partial charge in [-0.25, -0.2) is 23.9 Å². The summed E-state index contributed by atoms with van der Waals surface area (Å²) in [7, 11) is 0. The third kappa shape index (κ3) is 3.53. The molecule has 1 fully saturated rings. The zero-order valence-corrected chi connectivity index (χ0v) is 18.1. The van der Waals surface area contributed by atoms with E-state index in [4.69, 9.17) is 10.1 Å². The van der Waals surface area contributed by atoms with Gasteiger partial charge in [0.15, 0.2) is 11.5 Å². The van der Waals surface area contributed by atoms with Crippen LogP contribution >= 0.6 is 0 Å². The van der Waals surface area contributed by atoms with E-state index < -0.39 is 0 Å². The molecule has 0 saturated carbocycles. The Morgan fingerprint density at radius 1 is 1.00 bits per heavy atom. The number of halogens is 1. The number of aryl methyl sites for hydroxylation is 1. The van der Waals surface area contributed by atoms with Gasteiger partial charge in [-0.05, 0) is 61.7 Å². The second kappa shape index (κ2) is 7.81. The van der Waals surface area contributed by atoms with Crippen LogP contribution in [0.4, 0.5) is 10.2 Å². The average Bonchev–Trinajstić information content (AvgIpc) is 3.58. The number of benzene rings is 1. The van der Waals surface area contributed by atoms with Gasteiger partial charge in [0.05, 0.1) is 17.9 Å². The average molecular weight is 439 g/mol. The third-order valence-electron chi connectivity index (χ3n) is 6.09. The maximum atomic E-state index is 13.9. The van der Waals surface area contributed by atoms with Gasteiger partial charge in [0.1, 0.15) is 23.0 Å². The van der Waals surface area contributed by atoms with Gasteiger partial charge >= 0.3 is 0 Å². The molecule has 164 valence electrons.